The van der Waals surface area contributed by atoms with Crippen LogP contribution in [0.25, 0.3) is 11.8 Å². The summed E-state index contributed by atoms with van der Waals surface area (Å²) in [7, 11) is 1.72. The Bertz CT molecular complexity index is 1160. The number of rotatable bonds is 6. The summed E-state index contributed by atoms with van der Waals surface area (Å²) in [6, 6.07) is 16.1. The number of anilines is 1. The first kappa shape index (κ1) is 21.1. The average molecular weight is 426 g/mol. The van der Waals surface area contributed by atoms with E-state index in [2.05, 4.69) is 5.32 Å². The molecule has 0 radical (unpaired) electrons. The summed E-state index contributed by atoms with van der Waals surface area (Å²) in [5.41, 5.74) is 1.65. The van der Waals surface area contributed by atoms with Gasteiger partial charge in [-0.3, -0.25) is 14.3 Å². The van der Waals surface area contributed by atoms with Crippen LogP contribution < -0.4 is 10.9 Å². The van der Waals surface area contributed by atoms with Crippen molar-refractivity contribution in [3.63, 3.8) is 0 Å². The van der Waals surface area contributed by atoms with E-state index in [9.17, 15) is 14.4 Å². The Labute approximate surface area is 178 Å². The number of esters is 1. The molecule has 0 unspecified atom stereocenters. The second-order valence-electron chi connectivity index (χ2n) is 6.45. The number of hydrogen-bond acceptors (Lipinski definition) is 4. The lowest BCUT2D eigenvalue weighted by atomic mass is 10.2. The maximum Gasteiger partial charge on any atom is 0.331 e. The van der Waals surface area contributed by atoms with Gasteiger partial charge in [-0.1, -0.05) is 48.0 Å². The average Bonchev–Trinajstić information content (AvgIpc) is 2.95. The minimum absolute atomic E-state index is 0.133. The molecule has 8 heteroatoms. The monoisotopic (exact) mass is 425 g/mol. The van der Waals surface area contributed by atoms with E-state index < -0.39 is 18.5 Å². The van der Waals surface area contributed by atoms with Crippen LogP contribution in [0.3, 0.4) is 0 Å². The number of carbonyl (C=O) groups is 2. The molecule has 0 fully saturated rings. The van der Waals surface area contributed by atoms with Crippen molar-refractivity contribution in [1.29, 1.82) is 0 Å². The van der Waals surface area contributed by atoms with Crippen molar-refractivity contribution in [2.75, 3.05) is 11.9 Å². The highest BCUT2D eigenvalue weighted by molar-refractivity contribution is 6.32. The first-order chi connectivity index (χ1) is 14.4. The van der Waals surface area contributed by atoms with Gasteiger partial charge in [-0.25, -0.2) is 9.48 Å². The Morgan fingerprint density at radius 3 is 2.47 bits per heavy atom. The van der Waals surface area contributed by atoms with Gasteiger partial charge in [0.25, 0.3) is 11.5 Å². The predicted molar refractivity (Wildman–Crippen MR) is 116 cm³/mol. The number of para-hydroxylation sites is 1. The smallest absolute Gasteiger partial charge is 0.331 e. The highest BCUT2D eigenvalue weighted by Crippen LogP contribution is 2.16. The predicted octanol–water partition coefficient (Wildman–Crippen LogP) is 3.33. The van der Waals surface area contributed by atoms with Crippen LogP contribution in [0.15, 0.2) is 65.5 Å². The van der Waals surface area contributed by atoms with Crippen LogP contribution in [0, 0.1) is 6.92 Å². The molecule has 3 rings (SSSR count). The molecule has 2 aromatic carbocycles. The number of halogens is 1. The number of carbonyl (C=O) groups excluding carboxylic acids is 2. The summed E-state index contributed by atoms with van der Waals surface area (Å²) in [6.07, 6.45) is 2.69. The van der Waals surface area contributed by atoms with Crippen LogP contribution in [-0.4, -0.2) is 27.8 Å². The minimum atomic E-state index is -0.698. The minimum Gasteiger partial charge on any atom is -0.452 e. The lowest BCUT2D eigenvalue weighted by molar-refractivity contribution is -0.142. The molecular formula is C22H20ClN3O4. The molecule has 1 amide bonds. The Balaban J connectivity index is 1.65. The van der Waals surface area contributed by atoms with Gasteiger partial charge in [0, 0.05) is 18.1 Å². The van der Waals surface area contributed by atoms with Crippen molar-refractivity contribution in [3.05, 3.63) is 87.3 Å². The number of benzene rings is 2. The van der Waals surface area contributed by atoms with E-state index in [-0.39, 0.29) is 11.2 Å². The summed E-state index contributed by atoms with van der Waals surface area (Å²) in [6.45, 7) is 1.19. The number of nitrogens with zero attached hydrogens (tertiary/aromatic N) is 2. The van der Waals surface area contributed by atoms with Gasteiger partial charge in [0.1, 0.15) is 5.69 Å². The highest BCUT2D eigenvalue weighted by atomic mass is 35.5. The molecule has 1 heterocycles. The van der Waals surface area contributed by atoms with Gasteiger partial charge in [-0.15, -0.1) is 0 Å². The SMILES string of the molecule is Cc1c(NC(=O)COC(=O)/C=C/c2ccccc2Cl)c(=O)n(-c2ccccc2)n1C. The molecule has 0 spiro atoms. The van der Waals surface area contributed by atoms with Gasteiger partial charge >= 0.3 is 5.97 Å². The van der Waals surface area contributed by atoms with Gasteiger partial charge < -0.3 is 10.1 Å². The maximum atomic E-state index is 12.8. The van der Waals surface area contributed by atoms with Gasteiger partial charge in [0.15, 0.2) is 6.61 Å². The van der Waals surface area contributed by atoms with Gasteiger partial charge in [0.05, 0.1) is 11.4 Å². The summed E-state index contributed by atoms with van der Waals surface area (Å²) in [5.74, 6) is -1.31. The molecule has 0 bridgehead atoms. The van der Waals surface area contributed by atoms with Crippen LogP contribution in [-0.2, 0) is 21.4 Å². The van der Waals surface area contributed by atoms with E-state index in [1.807, 2.05) is 18.2 Å². The molecule has 0 saturated carbocycles. The molecule has 0 aliphatic heterocycles. The number of aromatic nitrogens is 2. The van der Waals surface area contributed by atoms with Crippen LogP contribution in [0.2, 0.25) is 5.02 Å². The molecule has 1 N–H and O–H groups in total. The Kier molecular flexibility index (Phi) is 6.54. The fourth-order valence-corrected chi connectivity index (χ4v) is 3.04. The zero-order valence-corrected chi connectivity index (χ0v) is 17.2. The Hall–Kier alpha value is -3.58. The first-order valence-electron chi connectivity index (χ1n) is 9.11. The number of amides is 1. The highest BCUT2D eigenvalue weighted by Gasteiger charge is 2.18. The number of ether oxygens (including phenoxy) is 1. The molecule has 0 aliphatic rings. The molecule has 0 saturated heterocycles. The molecule has 0 aliphatic carbocycles. The summed E-state index contributed by atoms with van der Waals surface area (Å²) < 4.78 is 8.03. The quantitative estimate of drug-likeness (QED) is 0.485. The zero-order valence-electron chi connectivity index (χ0n) is 16.5. The third-order valence-corrected chi connectivity index (χ3v) is 4.81. The van der Waals surface area contributed by atoms with Crippen molar-refractivity contribution in [1.82, 2.24) is 9.36 Å². The third kappa shape index (κ3) is 4.69. The molecule has 30 heavy (non-hydrogen) atoms. The van der Waals surface area contributed by atoms with E-state index in [0.717, 1.165) is 0 Å². The largest absolute Gasteiger partial charge is 0.452 e. The van der Waals surface area contributed by atoms with Gasteiger partial charge in [-0.2, -0.15) is 0 Å². The summed E-state index contributed by atoms with van der Waals surface area (Å²) >= 11 is 6.01. The fraction of sp³-hybridized carbons (Fsp3) is 0.136. The van der Waals surface area contributed by atoms with Crippen LogP contribution in [0.1, 0.15) is 11.3 Å². The first-order valence-corrected chi connectivity index (χ1v) is 9.49. The molecular weight excluding hydrogens is 406 g/mol. The molecule has 0 atom stereocenters. The third-order valence-electron chi connectivity index (χ3n) is 4.47. The Morgan fingerprint density at radius 2 is 1.77 bits per heavy atom. The van der Waals surface area contributed by atoms with Gasteiger partial charge in [0.2, 0.25) is 0 Å². The lowest BCUT2D eigenvalue weighted by Gasteiger charge is -2.07. The number of hydrogen-bond donors (Lipinski definition) is 1. The Morgan fingerprint density at radius 1 is 1.10 bits per heavy atom. The van der Waals surface area contributed by atoms with Crippen molar-refractivity contribution < 1.29 is 14.3 Å². The number of nitrogens with one attached hydrogen (secondary N) is 1. The van der Waals surface area contributed by atoms with Gasteiger partial charge in [-0.05, 0) is 36.8 Å². The van der Waals surface area contributed by atoms with E-state index in [0.29, 0.717) is 22.0 Å². The lowest BCUT2D eigenvalue weighted by Crippen LogP contribution is -2.25. The fourth-order valence-electron chi connectivity index (χ4n) is 2.84. The summed E-state index contributed by atoms with van der Waals surface area (Å²) in [5, 5.41) is 3.03. The van der Waals surface area contributed by atoms with Crippen molar-refractivity contribution in [2.24, 2.45) is 7.05 Å². The van der Waals surface area contributed by atoms with Crippen LogP contribution in [0.4, 0.5) is 5.69 Å². The second-order valence-corrected chi connectivity index (χ2v) is 6.85. The molecule has 1 aromatic heterocycles. The second kappa shape index (κ2) is 9.28. The summed E-state index contributed by atoms with van der Waals surface area (Å²) in [4.78, 5) is 36.8. The van der Waals surface area contributed by atoms with E-state index in [1.54, 1.807) is 55.1 Å². The van der Waals surface area contributed by atoms with E-state index in [4.69, 9.17) is 16.3 Å². The van der Waals surface area contributed by atoms with Crippen LogP contribution in [0.5, 0.6) is 0 Å². The zero-order chi connectivity index (χ0) is 21.7. The van der Waals surface area contributed by atoms with Crippen molar-refractivity contribution in [3.8, 4) is 5.69 Å². The maximum absolute atomic E-state index is 12.8. The normalized spacial score (nSPS) is 10.9. The van der Waals surface area contributed by atoms with Crippen molar-refractivity contribution in [2.45, 2.75) is 6.92 Å². The topological polar surface area (TPSA) is 82.3 Å². The van der Waals surface area contributed by atoms with E-state index >= 15 is 0 Å². The molecule has 154 valence electrons. The standard InChI is InChI=1S/C22H20ClN3O4/c1-15-21(22(29)26(25(15)2)17-9-4-3-5-10-17)24-19(27)14-30-20(28)13-12-16-8-6-7-11-18(16)23/h3-13H,14H2,1-2H3,(H,24,27)/b13-12+. The van der Waals surface area contributed by atoms with Crippen molar-refractivity contribution >= 4 is 35.2 Å². The van der Waals surface area contributed by atoms with Crippen LogP contribution >= 0.6 is 11.6 Å². The molecule has 7 nitrogen and oxygen atoms in total. The van der Waals surface area contributed by atoms with E-state index in [1.165, 1.54) is 16.8 Å². The molecule has 3 aromatic rings.